The van der Waals surface area contributed by atoms with Crippen molar-refractivity contribution in [2.75, 3.05) is 39.6 Å². The van der Waals surface area contributed by atoms with Crippen molar-refractivity contribution in [3.05, 3.63) is 108 Å². The average molecular weight is 825 g/mol. The largest absolute Gasteiger partial charge is 0.547 e. The number of carbonyl (C=O) groups is 2. The van der Waals surface area contributed by atoms with E-state index in [2.05, 4.69) is 41.4 Å². The highest BCUT2D eigenvalue weighted by Crippen LogP contribution is 2.29. The molecule has 0 bridgehead atoms. The van der Waals surface area contributed by atoms with Crippen molar-refractivity contribution in [3.8, 4) is 0 Å². The standard InChI is InChI=1S/C18H27NO3.C11H21NO3.2C8H8O3/c20-18(14-22-17-8-11-21-13-17)9-6-16(7-10-18)19-12-15-4-2-1-3-5-15;12-9-1-4-11(13,5-2-9)8-15-10-3-6-14-7-10;2*9-7(8(10)11)6-4-2-1-3-5-6/h1-5,16-17,19-20H,6-14H2;9-10,13H,1-8,12H2;2*1-5,7,9H,(H,10,11)/t16?,17-,18?;9?,10-,11?;2*7-/m0000/s1. The molecule has 4 aliphatic rings. The quantitative estimate of drug-likeness (QED) is 0.132. The highest BCUT2D eigenvalue weighted by Gasteiger charge is 2.36. The van der Waals surface area contributed by atoms with Gasteiger partial charge in [0.15, 0.2) is 0 Å². The van der Waals surface area contributed by atoms with Crippen LogP contribution >= 0.6 is 0 Å². The molecule has 59 heavy (non-hydrogen) atoms. The van der Waals surface area contributed by atoms with Crippen LogP contribution in [-0.2, 0) is 35.1 Å². The number of ether oxygens (including phenoxy) is 4. The van der Waals surface area contributed by atoms with Crippen LogP contribution in [-0.4, -0.2) is 107 Å². The molecule has 9 N–H and O–H groups in total. The third kappa shape index (κ3) is 17.8. The summed E-state index contributed by atoms with van der Waals surface area (Å²) in [6, 6.07) is 27.9. The van der Waals surface area contributed by atoms with Gasteiger partial charge in [-0.05, 0) is 49.7 Å². The number of hydrogen-bond donors (Lipinski definition) is 6. The molecule has 0 unspecified atom stereocenters. The molecular formula is C45H64N2O12. The second-order valence-corrected chi connectivity index (χ2v) is 16.0. The third-order valence-corrected chi connectivity index (χ3v) is 11.2. The first-order valence-corrected chi connectivity index (χ1v) is 20.8. The average Bonchev–Trinajstić information content (AvgIpc) is 4.00. The van der Waals surface area contributed by atoms with Gasteiger partial charge in [-0.1, -0.05) is 91.0 Å². The second-order valence-electron chi connectivity index (χ2n) is 16.0. The molecule has 2 heterocycles. The Morgan fingerprint density at radius 2 is 1.05 bits per heavy atom. The molecule has 2 aliphatic heterocycles. The first kappa shape index (κ1) is 47.9. The summed E-state index contributed by atoms with van der Waals surface area (Å²) < 4.78 is 22.0. The van der Waals surface area contributed by atoms with Gasteiger partial charge in [0.25, 0.3) is 0 Å². The Hall–Kier alpha value is -3.80. The molecule has 2 saturated heterocycles. The van der Waals surface area contributed by atoms with Gasteiger partial charge in [-0.15, -0.1) is 0 Å². The van der Waals surface area contributed by atoms with Gasteiger partial charge in [-0.25, -0.2) is 0 Å². The molecule has 0 spiro atoms. The van der Waals surface area contributed by atoms with E-state index in [4.69, 9.17) is 29.2 Å². The third-order valence-electron chi connectivity index (χ3n) is 11.2. The molecule has 4 fully saturated rings. The van der Waals surface area contributed by atoms with Crippen LogP contribution in [0.2, 0.25) is 0 Å². The van der Waals surface area contributed by atoms with E-state index in [-0.39, 0.29) is 12.2 Å². The van der Waals surface area contributed by atoms with E-state index in [1.165, 1.54) is 29.8 Å². The summed E-state index contributed by atoms with van der Waals surface area (Å²) in [5.41, 5.74) is 4.85. The Morgan fingerprint density at radius 1 is 0.661 bits per heavy atom. The summed E-state index contributed by atoms with van der Waals surface area (Å²) >= 11 is 0. The number of carboxylic acids is 2. The monoisotopic (exact) mass is 824 g/mol. The molecule has 3 aromatic rings. The number of rotatable bonds is 13. The van der Waals surface area contributed by atoms with E-state index in [0.717, 1.165) is 84.0 Å². The molecule has 0 radical (unpaired) electrons. The summed E-state index contributed by atoms with van der Waals surface area (Å²) in [6.45, 7) is 4.92. The fourth-order valence-electron chi connectivity index (χ4n) is 7.21. The predicted molar refractivity (Wildman–Crippen MR) is 213 cm³/mol. The number of hydrogen-bond acceptors (Lipinski definition) is 12. The van der Waals surface area contributed by atoms with Crippen LogP contribution in [0.25, 0.3) is 0 Å². The van der Waals surface area contributed by atoms with E-state index in [1.54, 1.807) is 36.4 Å². The van der Waals surface area contributed by atoms with Crippen molar-refractivity contribution < 1.29 is 70.2 Å². The van der Waals surface area contributed by atoms with E-state index in [9.17, 15) is 30.0 Å². The fraction of sp³-hybridized carbons (Fsp3) is 0.556. The lowest BCUT2D eigenvalue weighted by atomic mass is 9.82. The fourth-order valence-corrected chi connectivity index (χ4v) is 7.21. The van der Waals surface area contributed by atoms with Gasteiger partial charge >= 0.3 is 0 Å². The Kier molecular flexibility index (Phi) is 20.4. The van der Waals surface area contributed by atoms with Crippen molar-refractivity contribution in [1.82, 2.24) is 0 Å². The summed E-state index contributed by atoms with van der Waals surface area (Å²) in [6.07, 6.45) is 6.78. The predicted octanol–water partition coefficient (Wildman–Crippen LogP) is -0.123. The van der Waals surface area contributed by atoms with Gasteiger partial charge in [-0.3, -0.25) is 0 Å². The molecule has 2 aliphatic carbocycles. The van der Waals surface area contributed by atoms with Crippen LogP contribution in [0.3, 0.4) is 0 Å². The highest BCUT2D eigenvalue weighted by atomic mass is 16.6. The number of carbonyl (C=O) groups excluding carboxylic acids is 2. The molecule has 7 rings (SSSR count). The van der Waals surface area contributed by atoms with Crippen molar-refractivity contribution in [3.63, 3.8) is 0 Å². The van der Waals surface area contributed by atoms with Gasteiger partial charge in [-0.2, -0.15) is 0 Å². The Bertz CT molecular complexity index is 1540. The van der Waals surface area contributed by atoms with Crippen LogP contribution in [0.5, 0.6) is 0 Å². The summed E-state index contributed by atoms with van der Waals surface area (Å²) in [7, 11) is 0. The zero-order valence-electron chi connectivity index (χ0n) is 34.0. The minimum Gasteiger partial charge on any atom is -0.547 e. The lowest BCUT2D eigenvalue weighted by molar-refractivity contribution is -0.707. The lowest BCUT2D eigenvalue weighted by Crippen LogP contribution is -2.89. The number of aliphatic carboxylic acids is 2. The minimum absolute atomic E-state index is 0.186. The van der Waals surface area contributed by atoms with Crippen LogP contribution in [0, 0.1) is 0 Å². The number of quaternary nitrogens is 2. The Balaban J connectivity index is 0.000000182. The molecule has 0 aromatic heterocycles. The highest BCUT2D eigenvalue weighted by molar-refractivity contribution is 5.72. The van der Waals surface area contributed by atoms with E-state index in [0.29, 0.717) is 49.6 Å². The summed E-state index contributed by atoms with van der Waals surface area (Å²) in [5.74, 6) is -2.95. The van der Waals surface area contributed by atoms with E-state index >= 15 is 0 Å². The van der Waals surface area contributed by atoms with Gasteiger partial charge in [0.2, 0.25) is 0 Å². The number of nitrogens with two attached hydrogens (primary N) is 1. The smallest absolute Gasteiger partial charge is 0.118 e. The maximum atomic E-state index is 10.7. The number of aliphatic hydroxyl groups excluding tert-OH is 2. The van der Waals surface area contributed by atoms with Crippen LogP contribution in [0.1, 0.15) is 93.1 Å². The van der Waals surface area contributed by atoms with Gasteiger partial charge in [0, 0.05) is 44.5 Å². The van der Waals surface area contributed by atoms with E-state index < -0.39 is 35.3 Å². The number of benzene rings is 3. The summed E-state index contributed by atoms with van der Waals surface area (Å²) in [5, 5.41) is 61.5. The van der Waals surface area contributed by atoms with E-state index in [1.807, 2.05) is 0 Å². The molecule has 0 amide bonds. The topological polar surface area (TPSA) is 242 Å². The van der Waals surface area contributed by atoms with Gasteiger partial charge in [0.1, 0.15) is 18.8 Å². The lowest BCUT2D eigenvalue weighted by Gasteiger charge is -2.35. The van der Waals surface area contributed by atoms with Crippen LogP contribution < -0.4 is 21.3 Å². The molecule has 2 saturated carbocycles. The van der Waals surface area contributed by atoms with Crippen molar-refractivity contribution in [1.29, 1.82) is 0 Å². The number of carboxylic acid groups (broad SMARTS) is 2. The molecular weight excluding hydrogens is 760 g/mol. The molecule has 4 atom stereocenters. The molecule has 14 heteroatoms. The molecule has 14 nitrogen and oxygen atoms in total. The first-order chi connectivity index (χ1) is 28.3. The number of aliphatic hydroxyl groups is 4. The SMILES string of the molecule is O=C([O-])[C@@H](O)c1ccccc1.O=C([O-])[C@@H](O)c1ccccc1.OC1(CO[C@H]2CCOC2)CCC([NH2+]Cc2ccccc2)CC1.[NH3+]C1CCC(O)(CO[C@H]2CCOC2)CC1. The molecule has 3 aromatic carbocycles. The first-order valence-electron chi connectivity index (χ1n) is 20.8. The van der Waals surface area contributed by atoms with Crippen molar-refractivity contribution in [2.24, 2.45) is 0 Å². The van der Waals surface area contributed by atoms with Crippen LogP contribution in [0.15, 0.2) is 91.0 Å². The minimum atomic E-state index is -1.52. The maximum Gasteiger partial charge on any atom is 0.118 e. The van der Waals surface area contributed by atoms with Gasteiger partial charge < -0.3 is 70.2 Å². The van der Waals surface area contributed by atoms with Crippen molar-refractivity contribution >= 4 is 11.9 Å². The molecule has 326 valence electrons. The maximum absolute atomic E-state index is 10.7. The van der Waals surface area contributed by atoms with Gasteiger partial charge in [0.05, 0.1) is 73.9 Å². The summed E-state index contributed by atoms with van der Waals surface area (Å²) in [4.78, 5) is 20.3. The van der Waals surface area contributed by atoms with Crippen molar-refractivity contribution in [2.45, 2.75) is 118 Å². The zero-order valence-corrected chi connectivity index (χ0v) is 34.0. The Morgan fingerprint density at radius 3 is 1.42 bits per heavy atom. The Labute approximate surface area is 347 Å². The van der Waals surface area contributed by atoms with Crippen LogP contribution in [0.4, 0.5) is 0 Å². The zero-order chi connectivity index (χ0) is 42.5. The normalized spacial score (nSPS) is 27.3. The second kappa shape index (κ2) is 25.1.